The van der Waals surface area contributed by atoms with Crippen molar-refractivity contribution in [1.29, 1.82) is 0 Å². The SMILES string of the molecule is CCCc1cc2c(=O)c(-c3ccc4c(c3)OCCCO4)c(C)oc2cc1OC(=O)c1cccc(OC)c1. The molecule has 0 saturated heterocycles. The molecular formula is C30H28O7. The second kappa shape index (κ2) is 10.4. The average Bonchev–Trinajstić information content (AvgIpc) is 3.15. The van der Waals surface area contributed by atoms with Crippen molar-refractivity contribution in [3.8, 4) is 34.1 Å². The van der Waals surface area contributed by atoms with E-state index in [1.165, 1.54) is 7.11 Å². The highest BCUT2D eigenvalue weighted by Crippen LogP contribution is 2.36. The minimum Gasteiger partial charge on any atom is -0.497 e. The molecule has 1 aliphatic rings. The van der Waals surface area contributed by atoms with Crippen LogP contribution in [0.2, 0.25) is 0 Å². The number of esters is 1. The maximum absolute atomic E-state index is 13.7. The maximum Gasteiger partial charge on any atom is 0.343 e. The summed E-state index contributed by atoms with van der Waals surface area (Å²) in [6.07, 6.45) is 2.23. The lowest BCUT2D eigenvalue weighted by Gasteiger charge is -2.14. The van der Waals surface area contributed by atoms with Crippen molar-refractivity contribution in [3.05, 3.63) is 81.7 Å². The minimum atomic E-state index is -0.515. The van der Waals surface area contributed by atoms with Gasteiger partial charge in [-0.1, -0.05) is 25.5 Å². The highest BCUT2D eigenvalue weighted by atomic mass is 16.5. The van der Waals surface area contributed by atoms with Gasteiger partial charge in [-0.2, -0.15) is 0 Å². The van der Waals surface area contributed by atoms with Gasteiger partial charge in [0.25, 0.3) is 0 Å². The molecule has 3 aromatic carbocycles. The second-order valence-electron chi connectivity index (χ2n) is 8.90. The van der Waals surface area contributed by atoms with E-state index in [0.29, 0.717) is 76.1 Å². The van der Waals surface area contributed by atoms with Crippen molar-refractivity contribution in [2.75, 3.05) is 20.3 Å². The third kappa shape index (κ3) is 4.89. The topological polar surface area (TPSA) is 84.2 Å². The molecule has 0 radical (unpaired) electrons. The fraction of sp³-hybridized carbons (Fsp3) is 0.267. The number of hydrogen-bond donors (Lipinski definition) is 0. The quantitative estimate of drug-likeness (QED) is 0.233. The van der Waals surface area contributed by atoms with Crippen LogP contribution in [0.4, 0.5) is 0 Å². The normalized spacial score (nSPS) is 12.7. The number of benzene rings is 3. The van der Waals surface area contributed by atoms with E-state index in [1.807, 2.05) is 25.1 Å². The molecule has 0 bridgehead atoms. The van der Waals surface area contributed by atoms with Gasteiger partial charge < -0.3 is 23.4 Å². The molecule has 5 rings (SSSR count). The molecule has 1 aliphatic heterocycles. The molecule has 0 amide bonds. The number of carbonyl (C=O) groups is 1. The number of carbonyl (C=O) groups excluding carboxylic acids is 1. The molecule has 0 saturated carbocycles. The fourth-order valence-corrected chi connectivity index (χ4v) is 4.50. The average molecular weight is 501 g/mol. The van der Waals surface area contributed by atoms with Gasteiger partial charge >= 0.3 is 5.97 Å². The lowest BCUT2D eigenvalue weighted by Crippen LogP contribution is -2.12. The molecule has 7 nitrogen and oxygen atoms in total. The number of rotatable bonds is 6. The number of ether oxygens (including phenoxy) is 4. The first-order valence-corrected chi connectivity index (χ1v) is 12.3. The highest BCUT2D eigenvalue weighted by molar-refractivity contribution is 5.93. The molecule has 0 fully saturated rings. The van der Waals surface area contributed by atoms with Gasteiger partial charge in [-0.15, -0.1) is 0 Å². The standard InChI is InChI=1S/C30H28O7/c1-4-7-19-15-23-26(17-25(19)37-30(32)21-8-5-9-22(14-21)33-3)36-18(2)28(29(23)31)20-10-11-24-27(16-20)35-13-6-12-34-24/h5,8-11,14-17H,4,6-7,12-13H2,1-3H3. The Labute approximate surface area is 214 Å². The van der Waals surface area contributed by atoms with Crippen LogP contribution in [-0.4, -0.2) is 26.3 Å². The summed E-state index contributed by atoms with van der Waals surface area (Å²) in [5.41, 5.74) is 2.48. The summed E-state index contributed by atoms with van der Waals surface area (Å²) in [5, 5.41) is 0.428. The van der Waals surface area contributed by atoms with Gasteiger partial charge in [-0.25, -0.2) is 4.79 Å². The first-order valence-electron chi connectivity index (χ1n) is 12.3. The predicted octanol–water partition coefficient (Wildman–Crippen LogP) is 6.11. The Hall–Kier alpha value is -4.26. The molecule has 7 heteroatoms. The van der Waals surface area contributed by atoms with Crippen LogP contribution in [0.1, 0.15) is 41.4 Å². The minimum absolute atomic E-state index is 0.156. The van der Waals surface area contributed by atoms with Gasteiger partial charge in [0.1, 0.15) is 22.8 Å². The molecule has 190 valence electrons. The molecule has 37 heavy (non-hydrogen) atoms. The predicted molar refractivity (Wildman–Crippen MR) is 140 cm³/mol. The van der Waals surface area contributed by atoms with Crippen LogP contribution in [-0.2, 0) is 6.42 Å². The molecule has 1 aromatic heterocycles. The summed E-state index contributed by atoms with van der Waals surface area (Å²) in [7, 11) is 1.54. The zero-order valence-corrected chi connectivity index (χ0v) is 21.1. The fourth-order valence-electron chi connectivity index (χ4n) is 4.50. The molecule has 2 heterocycles. The molecule has 0 atom stereocenters. The van der Waals surface area contributed by atoms with Crippen LogP contribution >= 0.6 is 0 Å². The number of methoxy groups -OCH3 is 1. The number of fused-ring (bicyclic) bond motifs is 2. The Morgan fingerprint density at radius 2 is 1.81 bits per heavy atom. The van der Waals surface area contributed by atoms with Crippen LogP contribution in [0.5, 0.6) is 23.0 Å². The summed E-state index contributed by atoms with van der Waals surface area (Å²) < 4.78 is 28.6. The highest BCUT2D eigenvalue weighted by Gasteiger charge is 2.20. The summed E-state index contributed by atoms with van der Waals surface area (Å²) in [6.45, 7) is 4.92. The van der Waals surface area contributed by atoms with Gasteiger partial charge in [0.15, 0.2) is 11.5 Å². The number of hydrogen-bond acceptors (Lipinski definition) is 7. The maximum atomic E-state index is 13.7. The van der Waals surface area contributed by atoms with Crippen molar-refractivity contribution in [2.45, 2.75) is 33.1 Å². The molecule has 0 spiro atoms. The molecule has 4 aromatic rings. The van der Waals surface area contributed by atoms with E-state index in [-0.39, 0.29) is 5.43 Å². The van der Waals surface area contributed by atoms with Crippen LogP contribution < -0.4 is 24.4 Å². The Bertz CT molecular complexity index is 1530. The number of aryl methyl sites for hydroxylation is 2. The van der Waals surface area contributed by atoms with E-state index >= 15 is 0 Å². The van der Waals surface area contributed by atoms with Crippen LogP contribution in [0.3, 0.4) is 0 Å². The van der Waals surface area contributed by atoms with Crippen molar-refractivity contribution >= 4 is 16.9 Å². The zero-order valence-electron chi connectivity index (χ0n) is 21.1. The van der Waals surface area contributed by atoms with E-state index in [9.17, 15) is 9.59 Å². The third-order valence-corrected chi connectivity index (χ3v) is 6.31. The Morgan fingerprint density at radius 1 is 1.00 bits per heavy atom. The lowest BCUT2D eigenvalue weighted by molar-refractivity contribution is 0.0733. The molecule has 0 unspecified atom stereocenters. The smallest absolute Gasteiger partial charge is 0.343 e. The Balaban J connectivity index is 1.57. The molecule has 0 aliphatic carbocycles. The van der Waals surface area contributed by atoms with Crippen LogP contribution in [0.15, 0.2) is 63.8 Å². The first kappa shape index (κ1) is 24.4. The van der Waals surface area contributed by atoms with E-state index in [0.717, 1.165) is 18.4 Å². The van der Waals surface area contributed by atoms with Gasteiger partial charge in [-0.05, 0) is 60.9 Å². The van der Waals surface area contributed by atoms with Crippen molar-refractivity contribution < 1.29 is 28.2 Å². The van der Waals surface area contributed by atoms with Gasteiger partial charge in [-0.3, -0.25) is 4.79 Å². The summed E-state index contributed by atoms with van der Waals surface area (Å²) in [5.74, 6) is 2.15. The molecule has 0 N–H and O–H groups in total. The van der Waals surface area contributed by atoms with E-state index in [4.69, 9.17) is 23.4 Å². The zero-order chi connectivity index (χ0) is 25.9. The third-order valence-electron chi connectivity index (χ3n) is 6.31. The first-order chi connectivity index (χ1) is 18.0. The van der Waals surface area contributed by atoms with Gasteiger partial charge in [0.2, 0.25) is 5.43 Å². The van der Waals surface area contributed by atoms with E-state index < -0.39 is 5.97 Å². The summed E-state index contributed by atoms with van der Waals surface area (Å²) in [4.78, 5) is 26.6. The monoisotopic (exact) mass is 500 g/mol. The van der Waals surface area contributed by atoms with Gasteiger partial charge in [0, 0.05) is 12.5 Å². The van der Waals surface area contributed by atoms with Crippen molar-refractivity contribution in [1.82, 2.24) is 0 Å². The summed E-state index contributed by atoms with van der Waals surface area (Å²) >= 11 is 0. The van der Waals surface area contributed by atoms with E-state index in [2.05, 4.69) is 0 Å². The Kier molecular flexibility index (Phi) is 6.86. The molecular weight excluding hydrogens is 472 g/mol. The summed E-state index contributed by atoms with van der Waals surface area (Å²) in [6, 6.07) is 15.7. The van der Waals surface area contributed by atoms with Crippen molar-refractivity contribution in [2.24, 2.45) is 0 Å². The van der Waals surface area contributed by atoms with E-state index in [1.54, 1.807) is 43.3 Å². The van der Waals surface area contributed by atoms with Gasteiger partial charge in [0.05, 0.1) is 36.8 Å². The Morgan fingerprint density at radius 3 is 2.59 bits per heavy atom. The second-order valence-corrected chi connectivity index (χ2v) is 8.90. The van der Waals surface area contributed by atoms with Crippen molar-refractivity contribution in [3.63, 3.8) is 0 Å². The largest absolute Gasteiger partial charge is 0.497 e. The van der Waals surface area contributed by atoms with Crippen LogP contribution in [0, 0.1) is 6.92 Å². The van der Waals surface area contributed by atoms with Crippen LogP contribution in [0.25, 0.3) is 22.1 Å². The lowest BCUT2D eigenvalue weighted by atomic mass is 9.99.